The monoisotopic (exact) mass is 339 g/mol. The molecule has 2 N–H and O–H groups in total. The Morgan fingerprint density at radius 1 is 1.33 bits per heavy atom. The number of rotatable bonds is 4. The van der Waals surface area contributed by atoms with Gasteiger partial charge in [-0.2, -0.15) is 0 Å². The van der Waals surface area contributed by atoms with Crippen molar-refractivity contribution in [2.24, 2.45) is 0 Å². The lowest BCUT2D eigenvalue weighted by Gasteiger charge is -2.32. The highest BCUT2D eigenvalue weighted by molar-refractivity contribution is 5.95. The highest BCUT2D eigenvalue weighted by atomic mass is 19.3. The van der Waals surface area contributed by atoms with Gasteiger partial charge in [-0.15, -0.1) is 0 Å². The van der Waals surface area contributed by atoms with Crippen LogP contribution in [-0.4, -0.2) is 55.6 Å². The molecular formula is C17H23F2N3O2. The fraction of sp³-hybridized carbons (Fsp3) is 0.588. The summed E-state index contributed by atoms with van der Waals surface area (Å²) in [5, 5.41) is 5.26. The number of amides is 1. The van der Waals surface area contributed by atoms with Gasteiger partial charge >= 0.3 is 0 Å². The first-order valence-corrected chi connectivity index (χ1v) is 8.28. The first kappa shape index (κ1) is 17.3. The van der Waals surface area contributed by atoms with Gasteiger partial charge < -0.3 is 10.1 Å². The molecule has 5 nitrogen and oxygen atoms in total. The Balaban J connectivity index is 1.57. The number of anilines is 1. The zero-order chi connectivity index (χ0) is 17.2. The molecule has 0 aliphatic carbocycles. The molecule has 7 heteroatoms. The minimum Gasteiger partial charge on any atom is -0.379 e. The van der Waals surface area contributed by atoms with Gasteiger partial charge in [0.2, 0.25) is 5.91 Å². The van der Waals surface area contributed by atoms with E-state index in [0.717, 1.165) is 31.9 Å². The predicted molar refractivity (Wildman–Crippen MR) is 87.2 cm³/mol. The van der Waals surface area contributed by atoms with Crippen molar-refractivity contribution in [2.45, 2.75) is 31.4 Å². The molecule has 1 aromatic carbocycles. The topological polar surface area (TPSA) is 53.6 Å². The molecule has 2 heterocycles. The van der Waals surface area contributed by atoms with Crippen molar-refractivity contribution in [1.82, 2.24) is 10.2 Å². The fourth-order valence-electron chi connectivity index (χ4n) is 3.15. The van der Waals surface area contributed by atoms with Crippen LogP contribution in [0, 0.1) is 0 Å². The number of nitrogens with zero attached hydrogens (tertiary/aromatic N) is 1. The molecule has 2 fully saturated rings. The van der Waals surface area contributed by atoms with Crippen LogP contribution in [-0.2, 0) is 9.53 Å². The van der Waals surface area contributed by atoms with Crippen molar-refractivity contribution in [2.75, 3.05) is 38.2 Å². The van der Waals surface area contributed by atoms with E-state index in [-0.39, 0.29) is 6.04 Å². The van der Waals surface area contributed by atoms with Gasteiger partial charge in [-0.05, 0) is 24.6 Å². The van der Waals surface area contributed by atoms with Crippen molar-refractivity contribution < 1.29 is 18.3 Å². The summed E-state index contributed by atoms with van der Waals surface area (Å²) in [6.07, 6.45) is -0.453. The second kappa shape index (κ2) is 7.13. The number of benzene rings is 1. The number of carbonyl (C=O) groups is 1. The fourth-order valence-corrected chi connectivity index (χ4v) is 3.15. The average molecular weight is 339 g/mol. The van der Waals surface area contributed by atoms with E-state index in [2.05, 4.69) is 22.5 Å². The van der Waals surface area contributed by atoms with Crippen molar-refractivity contribution >= 4 is 11.6 Å². The molecule has 0 saturated carbocycles. The molecule has 132 valence electrons. The van der Waals surface area contributed by atoms with Gasteiger partial charge in [0, 0.05) is 31.2 Å². The Labute approximate surface area is 140 Å². The van der Waals surface area contributed by atoms with Crippen LogP contribution in [0.1, 0.15) is 24.9 Å². The highest BCUT2D eigenvalue weighted by Gasteiger charge is 2.42. The van der Waals surface area contributed by atoms with Gasteiger partial charge in [-0.1, -0.05) is 12.1 Å². The van der Waals surface area contributed by atoms with Crippen LogP contribution in [0.2, 0.25) is 0 Å². The van der Waals surface area contributed by atoms with Crippen molar-refractivity contribution in [3.63, 3.8) is 0 Å². The lowest BCUT2D eigenvalue weighted by molar-refractivity contribution is -0.118. The molecule has 1 aromatic rings. The molecule has 0 aromatic heterocycles. The average Bonchev–Trinajstić information content (AvgIpc) is 2.96. The van der Waals surface area contributed by atoms with Crippen LogP contribution in [0.4, 0.5) is 14.5 Å². The summed E-state index contributed by atoms with van der Waals surface area (Å²) in [5.41, 5.74) is 1.77. The lowest BCUT2D eigenvalue weighted by Crippen LogP contribution is -2.38. The van der Waals surface area contributed by atoms with Gasteiger partial charge in [0.1, 0.15) is 0 Å². The summed E-state index contributed by atoms with van der Waals surface area (Å²) in [4.78, 5) is 14.4. The SMILES string of the molecule is CC(c1ccc(NC(=O)C2CC(F)(F)CN2)cc1)N1CCOCC1. The number of halogens is 2. The van der Waals surface area contributed by atoms with Gasteiger partial charge in [-0.3, -0.25) is 15.0 Å². The maximum absolute atomic E-state index is 13.2. The molecule has 1 amide bonds. The summed E-state index contributed by atoms with van der Waals surface area (Å²) in [6.45, 7) is 5.00. The van der Waals surface area contributed by atoms with E-state index in [0.29, 0.717) is 5.69 Å². The van der Waals surface area contributed by atoms with E-state index in [1.165, 1.54) is 0 Å². The molecule has 3 rings (SSSR count). The Kier molecular flexibility index (Phi) is 5.12. The highest BCUT2D eigenvalue weighted by Crippen LogP contribution is 2.26. The van der Waals surface area contributed by atoms with Crippen molar-refractivity contribution in [3.05, 3.63) is 29.8 Å². The number of ether oxygens (including phenoxy) is 1. The van der Waals surface area contributed by atoms with Gasteiger partial charge in [0.15, 0.2) is 0 Å². The van der Waals surface area contributed by atoms with E-state index in [9.17, 15) is 13.6 Å². The third-order valence-corrected chi connectivity index (χ3v) is 4.68. The van der Waals surface area contributed by atoms with Crippen LogP contribution in [0.25, 0.3) is 0 Å². The zero-order valence-electron chi connectivity index (χ0n) is 13.7. The Morgan fingerprint density at radius 2 is 2.00 bits per heavy atom. The molecule has 0 radical (unpaired) electrons. The smallest absolute Gasteiger partial charge is 0.262 e. The second-order valence-corrected chi connectivity index (χ2v) is 6.43. The first-order valence-electron chi connectivity index (χ1n) is 8.28. The molecule has 2 aliphatic heterocycles. The largest absolute Gasteiger partial charge is 0.379 e. The Bertz CT molecular complexity index is 574. The molecule has 2 saturated heterocycles. The summed E-state index contributed by atoms with van der Waals surface area (Å²) in [5.74, 6) is -3.22. The van der Waals surface area contributed by atoms with Crippen LogP contribution in [0.5, 0.6) is 0 Å². The van der Waals surface area contributed by atoms with Crippen molar-refractivity contribution in [3.8, 4) is 0 Å². The maximum atomic E-state index is 13.2. The first-order chi connectivity index (χ1) is 11.4. The molecule has 2 unspecified atom stereocenters. The number of morpholine rings is 1. The Morgan fingerprint density at radius 3 is 2.58 bits per heavy atom. The number of carbonyl (C=O) groups excluding carboxylic acids is 1. The van der Waals surface area contributed by atoms with E-state index in [1.807, 2.05) is 24.3 Å². The summed E-state index contributed by atoms with van der Waals surface area (Å²) < 4.78 is 31.7. The van der Waals surface area contributed by atoms with Crippen LogP contribution >= 0.6 is 0 Å². The van der Waals surface area contributed by atoms with E-state index in [1.54, 1.807) is 0 Å². The Hall–Kier alpha value is -1.57. The summed E-state index contributed by atoms with van der Waals surface area (Å²) in [6, 6.07) is 6.99. The lowest BCUT2D eigenvalue weighted by atomic mass is 10.1. The van der Waals surface area contributed by atoms with Crippen LogP contribution in [0.15, 0.2) is 24.3 Å². The third-order valence-electron chi connectivity index (χ3n) is 4.68. The summed E-state index contributed by atoms with van der Waals surface area (Å²) in [7, 11) is 0. The zero-order valence-corrected chi connectivity index (χ0v) is 13.7. The van der Waals surface area contributed by atoms with Gasteiger partial charge in [-0.25, -0.2) is 8.78 Å². The van der Waals surface area contributed by atoms with Crippen molar-refractivity contribution in [1.29, 1.82) is 0 Å². The van der Waals surface area contributed by atoms with Gasteiger partial charge in [0.05, 0.1) is 25.8 Å². The van der Waals surface area contributed by atoms with Crippen LogP contribution in [0.3, 0.4) is 0 Å². The van der Waals surface area contributed by atoms with Gasteiger partial charge in [0.25, 0.3) is 5.92 Å². The van der Waals surface area contributed by atoms with E-state index in [4.69, 9.17) is 4.74 Å². The quantitative estimate of drug-likeness (QED) is 0.881. The molecule has 0 bridgehead atoms. The minimum absolute atomic E-state index is 0.272. The third kappa shape index (κ3) is 4.09. The molecule has 2 atom stereocenters. The second-order valence-electron chi connectivity index (χ2n) is 6.43. The molecule has 0 spiro atoms. The van der Waals surface area contributed by atoms with E-state index >= 15 is 0 Å². The molecular weight excluding hydrogens is 316 g/mol. The molecule has 2 aliphatic rings. The number of hydrogen-bond donors (Lipinski definition) is 2. The maximum Gasteiger partial charge on any atom is 0.262 e. The standard InChI is InChI=1S/C17H23F2N3O2/c1-12(22-6-8-24-9-7-22)13-2-4-14(5-3-13)21-16(23)15-10-17(18,19)11-20-15/h2-5,12,15,20H,6-11H2,1H3,(H,21,23). The number of hydrogen-bond acceptors (Lipinski definition) is 4. The number of alkyl halides is 2. The van der Waals surface area contributed by atoms with Crippen LogP contribution < -0.4 is 10.6 Å². The number of nitrogens with one attached hydrogen (secondary N) is 2. The minimum atomic E-state index is -2.81. The molecule has 24 heavy (non-hydrogen) atoms. The predicted octanol–water partition coefficient (Wildman–Crippen LogP) is 2.02. The normalized spacial score (nSPS) is 25.4. The van der Waals surface area contributed by atoms with E-state index < -0.39 is 30.8 Å². The summed E-state index contributed by atoms with van der Waals surface area (Å²) >= 11 is 0.